The lowest BCUT2D eigenvalue weighted by Gasteiger charge is -2.19. The van der Waals surface area contributed by atoms with Gasteiger partial charge in [-0.1, -0.05) is 17.7 Å². The molecule has 25 heavy (non-hydrogen) atoms. The number of allylic oxidation sites excluding steroid dienone is 1. The van der Waals surface area contributed by atoms with Crippen molar-refractivity contribution in [1.29, 1.82) is 0 Å². The Kier molecular flexibility index (Phi) is 5.00. The third kappa shape index (κ3) is 3.22. The molecule has 4 nitrogen and oxygen atoms in total. The number of Topliss-reactive ketones (excluding diaryl/α,β-unsaturated/α-hetero) is 1. The van der Waals surface area contributed by atoms with Crippen LogP contribution in [0.1, 0.15) is 27.9 Å². The Morgan fingerprint density at radius 2 is 1.80 bits per heavy atom. The van der Waals surface area contributed by atoms with Gasteiger partial charge in [0.05, 0.1) is 26.4 Å². The van der Waals surface area contributed by atoms with Gasteiger partial charge in [-0.05, 0) is 54.3 Å². The Morgan fingerprint density at radius 3 is 2.48 bits per heavy atom. The van der Waals surface area contributed by atoms with E-state index in [0.717, 1.165) is 23.1 Å². The lowest BCUT2D eigenvalue weighted by molar-refractivity contribution is 0.102. The number of carbonyl (C=O) groups excluding carboxylic acids is 1. The van der Waals surface area contributed by atoms with Gasteiger partial charge in [0.2, 0.25) is 0 Å². The zero-order chi connectivity index (χ0) is 18.0. The molecular weight excluding hydrogens is 340 g/mol. The highest BCUT2D eigenvalue weighted by atomic mass is 35.5. The number of halogens is 1. The molecule has 0 aliphatic heterocycles. The standard InChI is InChI=1S/C20H19ClO4/c1-23-15-8-6-12-4-5-14(19(22)16(12)11-15)10-13-7-9-17(24-2)20(25-3)18(13)21/h6-11H,4-5H2,1-3H3. The molecule has 3 rings (SSSR count). The van der Waals surface area contributed by atoms with Crippen LogP contribution in [0.2, 0.25) is 5.02 Å². The highest BCUT2D eigenvalue weighted by Gasteiger charge is 2.23. The summed E-state index contributed by atoms with van der Waals surface area (Å²) in [5.41, 5.74) is 3.18. The summed E-state index contributed by atoms with van der Waals surface area (Å²) in [5.74, 6) is 1.70. The van der Waals surface area contributed by atoms with E-state index < -0.39 is 0 Å². The summed E-state index contributed by atoms with van der Waals surface area (Å²) < 4.78 is 15.8. The third-order valence-electron chi connectivity index (χ3n) is 4.36. The Balaban J connectivity index is 2.01. The first-order valence-corrected chi connectivity index (χ1v) is 8.29. The molecule has 5 heteroatoms. The zero-order valence-corrected chi connectivity index (χ0v) is 15.1. The number of hydrogen-bond donors (Lipinski definition) is 0. The number of hydrogen-bond acceptors (Lipinski definition) is 4. The second-order valence-corrected chi connectivity index (χ2v) is 6.10. The van der Waals surface area contributed by atoms with Gasteiger partial charge in [-0.15, -0.1) is 0 Å². The lowest BCUT2D eigenvalue weighted by Crippen LogP contribution is -2.14. The van der Waals surface area contributed by atoms with E-state index in [4.69, 9.17) is 25.8 Å². The molecule has 0 heterocycles. The number of benzene rings is 2. The normalized spacial score (nSPS) is 15.0. The number of fused-ring (bicyclic) bond motifs is 1. The second-order valence-electron chi connectivity index (χ2n) is 5.73. The fraction of sp³-hybridized carbons (Fsp3) is 0.250. The van der Waals surface area contributed by atoms with Crippen molar-refractivity contribution < 1.29 is 19.0 Å². The van der Waals surface area contributed by atoms with E-state index in [1.54, 1.807) is 26.4 Å². The molecule has 0 fully saturated rings. The minimum Gasteiger partial charge on any atom is -0.497 e. The van der Waals surface area contributed by atoms with Crippen LogP contribution in [0.3, 0.4) is 0 Å². The summed E-state index contributed by atoms with van der Waals surface area (Å²) >= 11 is 6.43. The zero-order valence-electron chi connectivity index (χ0n) is 14.4. The summed E-state index contributed by atoms with van der Waals surface area (Å²) in [7, 11) is 4.69. The molecule has 0 aromatic heterocycles. The van der Waals surface area contributed by atoms with Gasteiger partial charge in [-0.25, -0.2) is 0 Å². The number of ketones is 1. The fourth-order valence-electron chi connectivity index (χ4n) is 3.01. The van der Waals surface area contributed by atoms with Gasteiger partial charge in [0.1, 0.15) is 5.75 Å². The third-order valence-corrected chi connectivity index (χ3v) is 4.75. The Bertz CT molecular complexity index is 855. The SMILES string of the molecule is COc1ccc2c(c1)C(=O)C(=Cc1ccc(OC)c(OC)c1Cl)CC2. The molecule has 2 aromatic carbocycles. The highest BCUT2D eigenvalue weighted by Crippen LogP contribution is 2.39. The molecule has 0 saturated heterocycles. The van der Waals surface area contributed by atoms with E-state index in [2.05, 4.69) is 0 Å². The summed E-state index contributed by atoms with van der Waals surface area (Å²) in [6.07, 6.45) is 3.31. The van der Waals surface area contributed by atoms with Crippen LogP contribution in [-0.4, -0.2) is 27.1 Å². The van der Waals surface area contributed by atoms with Crippen LogP contribution in [-0.2, 0) is 6.42 Å². The number of methoxy groups -OCH3 is 3. The predicted molar refractivity (Wildman–Crippen MR) is 98.2 cm³/mol. The van der Waals surface area contributed by atoms with Gasteiger partial charge in [0, 0.05) is 11.1 Å². The van der Waals surface area contributed by atoms with Crippen LogP contribution in [0, 0.1) is 0 Å². The first kappa shape index (κ1) is 17.4. The molecule has 1 aliphatic rings. The molecule has 2 aromatic rings. The molecule has 0 N–H and O–H groups in total. The van der Waals surface area contributed by atoms with Crippen molar-refractivity contribution in [2.45, 2.75) is 12.8 Å². The van der Waals surface area contributed by atoms with Crippen LogP contribution in [0.25, 0.3) is 6.08 Å². The number of ether oxygens (including phenoxy) is 3. The maximum absolute atomic E-state index is 12.9. The Labute approximate surface area is 152 Å². The monoisotopic (exact) mass is 358 g/mol. The molecular formula is C20H19ClO4. The largest absolute Gasteiger partial charge is 0.497 e. The molecule has 0 amide bonds. The van der Waals surface area contributed by atoms with E-state index in [9.17, 15) is 4.79 Å². The molecule has 0 radical (unpaired) electrons. The van der Waals surface area contributed by atoms with E-state index >= 15 is 0 Å². The quantitative estimate of drug-likeness (QED) is 0.750. The van der Waals surface area contributed by atoms with Crippen LogP contribution >= 0.6 is 11.6 Å². The summed E-state index contributed by atoms with van der Waals surface area (Å²) in [5, 5.41) is 0.429. The van der Waals surface area contributed by atoms with Gasteiger partial charge in [0.15, 0.2) is 17.3 Å². The van der Waals surface area contributed by atoms with Crippen molar-refractivity contribution in [2.24, 2.45) is 0 Å². The summed E-state index contributed by atoms with van der Waals surface area (Å²) in [6, 6.07) is 9.23. The van der Waals surface area contributed by atoms with E-state index in [1.165, 1.54) is 7.11 Å². The maximum Gasteiger partial charge on any atom is 0.189 e. The predicted octanol–water partition coefficient (Wildman–Crippen LogP) is 4.58. The van der Waals surface area contributed by atoms with Gasteiger partial charge in [-0.3, -0.25) is 4.79 Å². The van der Waals surface area contributed by atoms with E-state index in [0.29, 0.717) is 34.3 Å². The topological polar surface area (TPSA) is 44.8 Å². The highest BCUT2D eigenvalue weighted by molar-refractivity contribution is 6.34. The molecule has 0 atom stereocenters. The van der Waals surface area contributed by atoms with Crippen LogP contribution in [0.15, 0.2) is 35.9 Å². The summed E-state index contributed by atoms with van der Waals surface area (Å²) in [6.45, 7) is 0. The van der Waals surface area contributed by atoms with Gasteiger partial charge >= 0.3 is 0 Å². The lowest BCUT2D eigenvalue weighted by atomic mass is 9.86. The fourth-order valence-corrected chi connectivity index (χ4v) is 3.30. The summed E-state index contributed by atoms with van der Waals surface area (Å²) in [4.78, 5) is 12.9. The van der Waals surface area contributed by atoms with Crippen LogP contribution < -0.4 is 14.2 Å². The average Bonchev–Trinajstić information content (AvgIpc) is 2.64. The van der Waals surface area contributed by atoms with E-state index in [1.807, 2.05) is 24.3 Å². The van der Waals surface area contributed by atoms with Crippen molar-refractivity contribution >= 4 is 23.5 Å². The Hall–Kier alpha value is -2.46. The van der Waals surface area contributed by atoms with Crippen molar-refractivity contribution in [3.63, 3.8) is 0 Å². The first-order valence-electron chi connectivity index (χ1n) is 7.91. The van der Waals surface area contributed by atoms with Gasteiger partial charge in [0.25, 0.3) is 0 Å². The van der Waals surface area contributed by atoms with E-state index in [-0.39, 0.29) is 5.78 Å². The average molecular weight is 359 g/mol. The maximum atomic E-state index is 12.9. The molecule has 130 valence electrons. The van der Waals surface area contributed by atoms with Crippen molar-refractivity contribution in [3.05, 3.63) is 57.6 Å². The van der Waals surface area contributed by atoms with Crippen molar-refractivity contribution in [1.82, 2.24) is 0 Å². The molecule has 0 saturated carbocycles. The smallest absolute Gasteiger partial charge is 0.189 e. The van der Waals surface area contributed by atoms with Gasteiger partial charge < -0.3 is 14.2 Å². The molecule has 0 spiro atoms. The minimum absolute atomic E-state index is 0.00556. The van der Waals surface area contributed by atoms with Gasteiger partial charge in [-0.2, -0.15) is 0 Å². The molecule has 1 aliphatic carbocycles. The van der Waals surface area contributed by atoms with Crippen LogP contribution in [0.5, 0.6) is 17.2 Å². The number of carbonyl (C=O) groups is 1. The molecule has 0 bridgehead atoms. The Morgan fingerprint density at radius 1 is 1.00 bits per heavy atom. The number of aryl methyl sites for hydroxylation is 1. The molecule has 0 unspecified atom stereocenters. The first-order chi connectivity index (χ1) is 12.1. The number of rotatable bonds is 4. The van der Waals surface area contributed by atoms with Crippen molar-refractivity contribution in [2.75, 3.05) is 21.3 Å². The second kappa shape index (κ2) is 7.19. The van der Waals surface area contributed by atoms with Crippen LogP contribution in [0.4, 0.5) is 0 Å². The van der Waals surface area contributed by atoms with Crippen molar-refractivity contribution in [3.8, 4) is 17.2 Å². The minimum atomic E-state index is 0.00556.